The van der Waals surface area contributed by atoms with E-state index in [-0.39, 0.29) is 22.9 Å². The molecule has 0 bridgehead atoms. The number of fused-ring (bicyclic) bond motifs is 2. The molecular weight excluding hydrogens is 479 g/mol. The van der Waals surface area contributed by atoms with Gasteiger partial charge in [-0.25, -0.2) is 4.39 Å². The average Bonchev–Trinajstić information content (AvgIpc) is 3.13. The minimum absolute atomic E-state index is 0.0246. The number of nitrogens with zero attached hydrogens (tertiary/aromatic N) is 2. The molecule has 2 heterocycles. The molecule has 10 heteroatoms. The van der Waals surface area contributed by atoms with Gasteiger partial charge < -0.3 is 9.47 Å². The van der Waals surface area contributed by atoms with Crippen molar-refractivity contribution in [1.29, 1.82) is 0 Å². The first-order chi connectivity index (χ1) is 16.4. The zero-order valence-corrected chi connectivity index (χ0v) is 20.4. The van der Waals surface area contributed by atoms with Crippen LogP contribution in [0.15, 0.2) is 36.4 Å². The van der Waals surface area contributed by atoms with Crippen molar-refractivity contribution in [2.45, 2.75) is 44.8 Å². The first kappa shape index (κ1) is 24.7. The van der Waals surface area contributed by atoms with Crippen LogP contribution in [0.3, 0.4) is 0 Å². The van der Waals surface area contributed by atoms with Crippen LogP contribution in [0.25, 0.3) is 0 Å². The van der Waals surface area contributed by atoms with Gasteiger partial charge in [0, 0.05) is 16.3 Å². The Morgan fingerprint density at radius 2 is 1.77 bits per heavy atom. The Labute approximate surface area is 206 Å². The van der Waals surface area contributed by atoms with Gasteiger partial charge in [-0.05, 0) is 56.7 Å². The zero-order valence-electron chi connectivity index (χ0n) is 19.7. The summed E-state index contributed by atoms with van der Waals surface area (Å²) >= 11 is 6.18. The molecule has 1 saturated heterocycles. The number of ether oxygens (including phenoxy) is 2. The molecule has 4 rings (SSSR count). The van der Waals surface area contributed by atoms with Gasteiger partial charge in [-0.2, -0.15) is 0 Å². The smallest absolute Gasteiger partial charge is 0.326 e. The van der Waals surface area contributed by atoms with E-state index < -0.39 is 53.5 Å². The van der Waals surface area contributed by atoms with Gasteiger partial charge in [0.05, 0.1) is 20.1 Å². The van der Waals surface area contributed by atoms with Crippen LogP contribution >= 0.6 is 11.6 Å². The number of methoxy groups -OCH3 is 1. The van der Waals surface area contributed by atoms with Crippen molar-refractivity contribution in [1.82, 2.24) is 4.90 Å². The number of amides is 3. The molecule has 2 aliphatic heterocycles. The maximum absolute atomic E-state index is 14.2. The largest absolute Gasteiger partial charge is 0.494 e. The third kappa shape index (κ3) is 4.25. The molecule has 2 aromatic rings. The summed E-state index contributed by atoms with van der Waals surface area (Å²) in [6.45, 7) is 4.44. The summed E-state index contributed by atoms with van der Waals surface area (Å²) in [6, 6.07) is 8.63. The topological polar surface area (TPSA) is 93.2 Å². The van der Waals surface area contributed by atoms with Gasteiger partial charge in [0.1, 0.15) is 12.1 Å². The van der Waals surface area contributed by atoms with Crippen LogP contribution in [0.2, 0.25) is 5.02 Å². The number of imide groups is 1. The molecular formula is C25H24ClFN2O6. The SMILES string of the molecule is COc1ccc(CN2C(=O)CC3(C2=O)C(=O)N(CC(=O)OC(C)(C)C)c2ccc(Cl)cc23)cc1F. The van der Waals surface area contributed by atoms with E-state index in [1.54, 1.807) is 20.8 Å². The van der Waals surface area contributed by atoms with E-state index in [0.717, 1.165) is 9.80 Å². The molecule has 1 fully saturated rings. The molecule has 3 amide bonds. The molecule has 0 saturated carbocycles. The second kappa shape index (κ2) is 8.64. The van der Waals surface area contributed by atoms with Crippen LogP contribution in [-0.2, 0) is 35.9 Å². The predicted octanol–water partition coefficient (Wildman–Crippen LogP) is 3.37. The Kier molecular flexibility index (Phi) is 6.09. The Morgan fingerprint density at radius 3 is 2.40 bits per heavy atom. The van der Waals surface area contributed by atoms with Crippen molar-refractivity contribution in [2.24, 2.45) is 0 Å². The summed E-state index contributed by atoms with van der Waals surface area (Å²) in [5.74, 6) is -3.33. The molecule has 184 valence electrons. The Hall–Kier alpha value is -3.46. The average molecular weight is 503 g/mol. The quantitative estimate of drug-likeness (QED) is 0.353. The van der Waals surface area contributed by atoms with Crippen molar-refractivity contribution in [3.63, 3.8) is 0 Å². The van der Waals surface area contributed by atoms with Crippen LogP contribution in [0, 0.1) is 5.82 Å². The molecule has 0 N–H and O–H groups in total. The fraction of sp³-hybridized carbons (Fsp3) is 0.360. The van der Waals surface area contributed by atoms with Crippen molar-refractivity contribution in [3.8, 4) is 5.75 Å². The van der Waals surface area contributed by atoms with Crippen molar-refractivity contribution >= 4 is 41.0 Å². The lowest BCUT2D eigenvalue weighted by molar-refractivity contribution is -0.154. The molecule has 0 aliphatic carbocycles. The summed E-state index contributed by atoms with van der Waals surface area (Å²) < 4.78 is 24.4. The maximum Gasteiger partial charge on any atom is 0.326 e. The van der Waals surface area contributed by atoms with Gasteiger partial charge in [0.2, 0.25) is 17.7 Å². The molecule has 2 aromatic carbocycles. The minimum Gasteiger partial charge on any atom is -0.494 e. The molecule has 2 aliphatic rings. The zero-order chi connectivity index (χ0) is 25.7. The minimum atomic E-state index is -1.86. The number of halogens is 2. The van der Waals surface area contributed by atoms with Gasteiger partial charge in [-0.1, -0.05) is 17.7 Å². The van der Waals surface area contributed by atoms with Crippen LogP contribution in [0.4, 0.5) is 10.1 Å². The Balaban J connectivity index is 1.69. The third-order valence-electron chi connectivity index (χ3n) is 5.91. The van der Waals surface area contributed by atoms with Crippen LogP contribution in [-0.4, -0.2) is 47.8 Å². The van der Waals surface area contributed by atoms with Gasteiger partial charge in [0.15, 0.2) is 17.0 Å². The van der Waals surface area contributed by atoms with E-state index in [1.165, 1.54) is 43.5 Å². The summed E-state index contributed by atoms with van der Waals surface area (Å²) in [5, 5.41) is 0.269. The second-order valence-corrected chi connectivity index (χ2v) is 9.91. The number of hydrogen-bond acceptors (Lipinski definition) is 6. The number of benzene rings is 2. The summed E-state index contributed by atoms with van der Waals surface area (Å²) in [7, 11) is 1.33. The van der Waals surface area contributed by atoms with E-state index in [0.29, 0.717) is 11.3 Å². The standard InChI is InChI=1S/C25H24ClFN2O6/c1-24(2,3)35-21(31)13-28-18-7-6-15(26)10-16(18)25(22(28)32)11-20(30)29(23(25)33)12-14-5-8-19(34-4)17(27)9-14/h5-10H,11-13H2,1-4H3. The number of anilines is 1. The van der Waals surface area contributed by atoms with Crippen molar-refractivity contribution in [3.05, 3.63) is 58.4 Å². The monoisotopic (exact) mass is 502 g/mol. The summed E-state index contributed by atoms with van der Waals surface area (Å²) in [5.41, 5.74) is -1.72. The lowest BCUT2D eigenvalue weighted by Gasteiger charge is -2.24. The third-order valence-corrected chi connectivity index (χ3v) is 6.15. The normalized spacial score (nSPS) is 19.5. The van der Waals surface area contributed by atoms with E-state index in [9.17, 15) is 23.6 Å². The first-order valence-electron chi connectivity index (χ1n) is 10.9. The molecule has 1 unspecified atom stereocenters. The summed E-state index contributed by atoms with van der Waals surface area (Å²) in [4.78, 5) is 55.0. The first-order valence-corrected chi connectivity index (χ1v) is 11.3. The molecule has 0 radical (unpaired) electrons. The van der Waals surface area contributed by atoms with Gasteiger partial charge >= 0.3 is 5.97 Å². The molecule has 0 aromatic heterocycles. The number of carbonyl (C=O) groups excluding carboxylic acids is 4. The number of likely N-dealkylation sites (tertiary alicyclic amines) is 1. The molecule has 8 nitrogen and oxygen atoms in total. The van der Waals surface area contributed by atoms with Crippen LogP contribution < -0.4 is 9.64 Å². The molecule has 1 spiro atoms. The van der Waals surface area contributed by atoms with Crippen LogP contribution in [0.1, 0.15) is 38.3 Å². The Morgan fingerprint density at radius 1 is 1.09 bits per heavy atom. The highest BCUT2D eigenvalue weighted by molar-refractivity contribution is 6.32. The number of rotatable bonds is 5. The lowest BCUT2D eigenvalue weighted by atomic mass is 9.80. The fourth-order valence-electron chi connectivity index (χ4n) is 4.47. The second-order valence-electron chi connectivity index (χ2n) is 9.48. The maximum atomic E-state index is 14.2. The van der Waals surface area contributed by atoms with E-state index in [2.05, 4.69) is 0 Å². The Bertz CT molecular complexity index is 1260. The fourth-order valence-corrected chi connectivity index (χ4v) is 4.64. The number of hydrogen-bond donors (Lipinski definition) is 0. The van der Waals surface area contributed by atoms with E-state index >= 15 is 0 Å². The van der Waals surface area contributed by atoms with Gasteiger partial charge in [-0.3, -0.25) is 29.0 Å². The van der Waals surface area contributed by atoms with Gasteiger partial charge in [0.25, 0.3) is 0 Å². The highest BCUT2D eigenvalue weighted by atomic mass is 35.5. The van der Waals surface area contributed by atoms with E-state index in [4.69, 9.17) is 21.1 Å². The highest BCUT2D eigenvalue weighted by Gasteiger charge is 2.64. The van der Waals surface area contributed by atoms with Crippen LogP contribution in [0.5, 0.6) is 5.75 Å². The van der Waals surface area contributed by atoms with Crippen molar-refractivity contribution in [2.75, 3.05) is 18.6 Å². The highest BCUT2D eigenvalue weighted by Crippen LogP contribution is 2.49. The predicted molar refractivity (Wildman–Crippen MR) is 124 cm³/mol. The lowest BCUT2D eigenvalue weighted by Crippen LogP contribution is -2.48. The number of esters is 1. The number of carbonyl (C=O) groups is 4. The van der Waals surface area contributed by atoms with E-state index in [1.807, 2.05) is 0 Å². The summed E-state index contributed by atoms with van der Waals surface area (Å²) in [6.07, 6.45) is -0.429. The van der Waals surface area contributed by atoms with Crippen molar-refractivity contribution < 1.29 is 33.0 Å². The van der Waals surface area contributed by atoms with Gasteiger partial charge in [-0.15, -0.1) is 0 Å². The molecule has 1 atom stereocenters. The molecule has 35 heavy (non-hydrogen) atoms.